The molecule has 88 valence electrons. The number of ether oxygens (including phenoxy) is 1. The molecule has 0 bridgehead atoms. The summed E-state index contributed by atoms with van der Waals surface area (Å²) in [5.74, 6) is 0.0332. The zero-order valence-electron chi connectivity index (χ0n) is 9.29. The number of halogens is 1. The highest BCUT2D eigenvalue weighted by Crippen LogP contribution is 2.39. The quantitative estimate of drug-likeness (QED) is 0.809. The van der Waals surface area contributed by atoms with Gasteiger partial charge in [-0.1, -0.05) is 0 Å². The number of methoxy groups -OCH3 is 1. The summed E-state index contributed by atoms with van der Waals surface area (Å²) in [4.78, 5) is 0. The van der Waals surface area contributed by atoms with E-state index >= 15 is 0 Å². The Labute approximate surface area is 94.2 Å². The van der Waals surface area contributed by atoms with Crippen molar-refractivity contribution in [1.82, 2.24) is 5.32 Å². The number of benzene rings is 1. The molecule has 2 rings (SSSR count). The van der Waals surface area contributed by atoms with Crippen LogP contribution in [0.4, 0.5) is 4.39 Å². The third-order valence-electron chi connectivity index (χ3n) is 3.09. The fourth-order valence-corrected chi connectivity index (χ4v) is 2.23. The monoisotopic (exact) mass is 225 g/mol. The van der Waals surface area contributed by atoms with Crippen molar-refractivity contribution >= 4 is 0 Å². The van der Waals surface area contributed by atoms with Gasteiger partial charge in [-0.05, 0) is 44.0 Å². The van der Waals surface area contributed by atoms with Gasteiger partial charge in [0.1, 0.15) is 5.82 Å². The minimum absolute atomic E-state index is 0.0469. The Morgan fingerprint density at radius 2 is 2.06 bits per heavy atom. The summed E-state index contributed by atoms with van der Waals surface area (Å²) in [6.07, 6.45) is 1.69. The first kappa shape index (κ1) is 11.2. The van der Waals surface area contributed by atoms with E-state index in [1.165, 1.54) is 19.2 Å². The van der Waals surface area contributed by atoms with Crippen LogP contribution in [0.5, 0.6) is 11.5 Å². The van der Waals surface area contributed by atoms with E-state index in [9.17, 15) is 9.50 Å². The van der Waals surface area contributed by atoms with Crippen molar-refractivity contribution in [3.8, 4) is 11.5 Å². The Morgan fingerprint density at radius 3 is 2.69 bits per heavy atom. The van der Waals surface area contributed by atoms with Crippen molar-refractivity contribution in [2.24, 2.45) is 0 Å². The molecule has 2 N–H and O–H groups in total. The van der Waals surface area contributed by atoms with Crippen LogP contribution in [0.3, 0.4) is 0 Å². The molecule has 0 unspecified atom stereocenters. The molecule has 1 aromatic carbocycles. The number of aromatic hydroxyl groups is 1. The van der Waals surface area contributed by atoms with Gasteiger partial charge in [0.05, 0.1) is 7.11 Å². The second kappa shape index (κ2) is 4.70. The molecule has 1 aliphatic heterocycles. The van der Waals surface area contributed by atoms with E-state index in [0.717, 1.165) is 25.9 Å². The zero-order chi connectivity index (χ0) is 11.5. The number of phenols is 1. The fraction of sp³-hybridized carbons (Fsp3) is 0.500. The van der Waals surface area contributed by atoms with Crippen molar-refractivity contribution in [2.75, 3.05) is 20.2 Å². The van der Waals surface area contributed by atoms with Crippen LogP contribution in [0, 0.1) is 5.82 Å². The van der Waals surface area contributed by atoms with Gasteiger partial charge < -0.3 is 15.2 Å². The lowest BCUT2D eigenvalue weighted by molar-refractivity contribution is 0.356. The molecular formula is C12H16FNO2. The van der Waals surface area contributed by atoms with E-state index in [1.807, 2.05) is 0 Å². The second-order valence-electron chi connectivity index (χ2n) is 4.04. The molecule has 3 nitrogen and oxygen atoms in total. The molecular weight excluding hydrogens is 209 g/mol. The molecule has 1 fully saturated rings. The van der Waals surface area contributed by atoms with Gasteiger partial charge in [-0.2, -0.15) is 0 Å². The normalized spacial score (nSPS) is 17.4. The van der Waals surface area contributed by atoms with E-state index in [2.05, 4.69) is 5.32 Å². The van der Waals surface area contributed by atoms with Crippen LogP contribution in [0.1, 0.15) is 24.3 Å². The predicted octanol–water partition coefficient (Wildman–Crippen LogP) is 2.01. The summed E-state index contributed by atoms with van der Waals surface area (Å²) < 4.78 is 18.7. The van der Waals surface area contributed by atoms with Crippen LogP contribution in [0.25, 0.3) is 0 Å². The van der Waals surface area contributed by atoms with Crippen molar-refractivity contribution in [2.45, 2.75) is 18.8 Å². The molecule has 0 amide bonds. The van der Waals surface area contributed by atoms with Gasteiger partial charge in [0.15, 0.2) is 11.5 Å². The highest BCUT2D eigenvalue weighted by molar-refractivity contribution is 5.48. The zero-order valence-corrected chi connectivity index (χ0v) is 9.29. The average molecular weight is 225 g/mol. The maximum Gasteiger partial charge on any atom is 0.164 e. The molecule has 0 aromatic heterocycles. The first-order valence-corrected chi connectivity index (χ1v) is 5.50. The summed E-state index contributed by atoms with van der Waals surface area (Å²) in [5, 5.41) is 13.2. The Morgan fingerprint density at radius 1 is 1.38 bits per heavy atom. The van der Waals surface area contributed by atoms with E-state index in [4.69, 9.17) is 4.74 Å². The molecule has 0 atom stereocenters. The Hall–Kier alpha value is -1.29. The maximum atomic E-state index is 13.7. The van der Waals surface area contributed by atoms with Crippen LogP contribution in [0.15, 0.2) is 12.1 Å². The number of phenolic OH excluding ortho intramolecular Hbond substituents is 1. The molecule has 1 aromatic rings. The summed E-state index contributed by atoms with van der Waals surface area (Å²) in [6.45, 7) is 1.72. The summed E-state index contributed by atoms with van der Waals surface area (Å²) in [5.41, 5.74) is 0.404. The molecule has 4 heteroatoms. The van der Waals surface area contributed by atoms with Crippen LogP contribution >= 0.6 is 0 Å². The maximum absolute atomic E-state index is 13.7. The van der Waals surface area contributed by atoms with Gasteiger partial charge in [0.2, 0.25) is 0 Å². The number of hydrogen-bond acceptors (Lipinski definition) is 3. The second-order valence-corrected chi connectivity index (χ2v) is 4.04. The average Bonchev–Trinajstić information content (AvgIpc) is 2.31. The number of nitrogens with one attached hydrogen (secondary N) is 1. The molecule has 0 radical (unpaired) electrons. The van der Waals surface area contributed by atoms with E-state index in [1.54, 1.807) is 0 Å². The van der Waals surface area contributed by atoms with Crippen molar-refractivity contribution in [1.29, 1.82) is 0 Å². The molecule has 1 heterocycles. The van der Waals surface area contributed by atoms with Crippen molar-refractivity contribution in [3.63, 3.8) is 0 Å². The minimum Gasteiger partial charge on any atom is -0.504 e. The number of piperidine rings is 1. The predicted molar refractivity (Wildman–Crippen MR) is 59.5 cm³/mol. The lowest BCUT2D eigenvalue weighted by Crippen LogP contribution is -2.27. The topological polar surface area (TPSA) is 41.5 Å². The van der Waals surface area contributed by atoms with Gasteiger partial charge in [-0.15, -0.1) is 0 Å². The summed E-state index contributed by atoms with van der Waals surface area (Å²) >= 11 is 0. The molecule has 1 saturated heterocycles. The first-order chi connectivity index (χ1) is 7.74. The largest absolute Gasteiger partial charge is 0.504 e. The first-order valence-electron chi connectivity index (χ1n) is 5.50. The molecule has 0 saturated carbocycles. The lowest BCUT2D eigenvalue weighted by atomic mass is 9.89. The smallest absolute Gasteiger partial charge is 0.164 e. The van der Waals surface area contributed by atoms with Crippen molar-refractivity contribution in [3.05, 3.63) is 23.5 Å². The molecule has 1 aliphatic rings. The van der Waals surface area contributed by atoms with E-state index in [-0.39, 0.29) is 17.5 Å². The molecule has 0 aliphatic carbocycles. The third kappa shape index (κ3) is 1.97. The fourth-order valence-electron chi connectivity index (χ4n) is 2.23. The highest BCUT2D eigenvalue weighted by atomic mass is 19.1. The Balaban J connectivity index is 2.37. The summed E-state index contributed by atoms with van der Waals surface area (Å²) in [7, 11) is 1.47. The van der Waals surface area contributed by atoms with Crippen LogP contribution in [0.2, 0.25) is 0 Å². The van der Waals surface area contributed by atoms with E-state index < -0.39 is 0 Å². The van der Waals surface area contributed by atoms with Gasteiger partial charge in [0.25, 0.3) is 0 Å². The SMILES string of the molecule is COc1ccc(F)c(C2CCNCC2)c1O. The van der Waals surface area contributed by atoms with Gasteiger partial charge in [0, 0.05) is 5.56 Å². The Bertz CT molecular complexity index is 376. The lowest BCUT2D eigenvalue weighted by Gasteiger charge is -2.24. The Kier molecular flexibility index (Phi) is 3.29. The molecule has 16 heavy (non-hydrogen) atoms. The summed E-state index contributed by atoms with van der Waals surface area (Å²) in [6, 6.07) is 2.81. The van der Waals surface area contributed by atoms with Crippen LogP contribution < -0.4 is 10.1 Å². The number of rotatable bonds is 2. The van der Waals surface area contributed by atoms with Crippen LogP contribution in [-0.2, 0) is 0 Å². The standard InChI is InChI=1S/C12H16FNO2/c1-16-10-3-2-9(13)11(12(10)15)8-4-6-14-7-5-8/h2-3,8,14-15H,4-7H2,1H3. The van der Waals surface area contributed by atoms with Gasteiger partial charge >= 0.3 is 0 Å². The third-order valence-corrected chi connectivity index (χ3v) is 3.09. The van der Waals surface area contributed by atoms with E-state index in [0.29, 0.717) is 11.3 Å². The van der Waals surface area contributed by atoms with Crippen molar-refractivity contribution < 1.29 is 14.2 Å². The van der Waals surface area contributed by atoms with Crippen LogP contribution in [-0.4, -0.2) is 25.3 Å². The molecule has 0 spiro atoms. The highest BCUT2D eigenvalue weighted by Gasteiger charge is 2.23. The minimum atomic E-state index is -0.342. The number of hydrogen-bond donors (Lipinski definition) is 2. The van der Waals surface area contributed by atoms with Gasteiger partial charge in [-0.25, -0.2) is 4.39 Å². The van der Waals surface area contributed by atoms with Gasteiger partial charge in [-0.3, -0.25) is 0 Å².